The highest BCUT2D eigenvalue weighted by molar-refractivity contribution is 6.04. The third-order valence-electron chi connectivity index (χ3n) is 4.93. The van der Waals surface area contributed by atoms with Crippen LogP contribution in [0.1, 0.15) is 64.6 Å². The molecule has 2 aliphatic heterocycles. The summed E-state index contributed by atoms with van der Waals surface area (Å²) in [6, 6.07) is 2.04. The molecule has 3 rings (SSSR count). The van der Waals surface area contributed by atoms with Crippen LogP contribution in [-0.4, -0.2) is 40.6 Å². The molecule has 0 saturated carbocycles. The number of hydrogen-bond donors (Lipinski definition) is 1. The molecule has 1 aromatic heterocycles. The lowest BCUT2D eigenvalue weighted by atomic mass is 9.87. The number of nitrogens with zero attached hydrogens (tertiary/aromatic N) is 2. The van der Waals surface area contributed by atoms with Crippen LogP contribution in [0.2, 0.25) is 0 Å². The summed E-state index contributed by atoms with van der Waals surface area (Å²) in [5, 5.41) is 2.93. The fourth-order valence-corrected chi connectivity index (χ4v) is 3.41. The third-order valence-corrected chi connectivity index (χ3v) is 4.93. The number of nitrogens with one attached hydrogen (secondary N) is 1. The van der Waals surface area contributed by atoms with Gasteiger partial charge in [-0.1, -0.05) is 0 Å². The van der Waals surface area contributed by atoms with Crippen molar-refractivity contribution in [3.8, 4) is 0 Å². The SMILES string of the molecule is CC(C)(C)OC(=O)N1CCC(c2cnc3c(c2)NC(=O)C3(C)C)CC1. The number of carbonyl (C=O) groups is 2. The molecular formula is C19H27N3O3. The van der Waals surface area contributed by atoms with Crippen LogP contribution in [-0.2, 0) is 14.9 Å². The van der Waals surface area contributed by atoms with E-state index < -0.39 is 11.0 Å². The first kappa shape index (κ1) is 17.7. The van der Waals surface area contributed by atoms with Crippen molar-refractivity contribution in [1.29, 1.82) is 0 Å². The minimum absolute atomic E-state index is 0.00750. The highest BCUT2D eigenvalue weighted by Crippen LogP contribution is 2.38. The van der Waals surface area contributed by atoms with Gasteiger partial charge in [-0.2, -0.15) is 0 Å². The first-order chi connectivity index (χ1) is 11.6. The van der Waals surface area contributed by atoms with E-state index in [4.69, 9.17) is 4.74 Å². The number of rotatable bonds is 1. The Labute approximate surface area is 148 Å². The Balaban J connectivity index is 1.66. The molecule has 0 bridgehead atoms. The number of piperidine rings is 1. The number of pyridine rings is 1. The van der Waals surface area contributed by atoms with Crippen molar-refractivity contribution in [3.05, 3.63) is 23.5 Å². The van der Waals surface area contributed by atoms with Crippen LogP contribution in [0, 0.1) is 0 Å². The van der Waals surface area contributed by atoms with Gasteiger partial charge in [-0.15, -0.1) is 0 Å². The first-order valence-electron chi connectivity index (χ1n) is 8.88. The zero-order chi connectivity index (χ0) is 18.4. The number of carbonyl (C=O) groups excluding carboxylic acids is 2. The van der Waals surface area contributed by atoms with Gasteiger partial charge in [0.2, 0.25) is 5.91 Å². The van der Waals surface area contributed by atoms with Crippen molar-refractivity contribution >= 4 is 17.7 Å². The summed E-state index contributed by atoms with van der Waals surface area (Å²) in [7, 11) is 0. The molecular weight excluding hydrogens is 318 g/mol. The quantitative estimate of drug-likeness (QED) is 0.846. The maximum absolute atomic E-state index is 12.2. The Morgan fingerprint density at radius 3 is 2.56 bits per heavy atom. The largest absolute Gasteiger partial charge is 0.444 e. The molecule has 1 aromatic rings. The molecule has 0 atom stereocenters. The fraction of sp³-hybridized carbons (Fsp3) is 0.632. The second kappa shape index (κ2) is 6.00. The number of fused-ring (bicyclic) bond motifs is 1. The van der Waals surface area contributed by atoms with E-state index in [-0.39, 0.29) is 12.0 Å². The summed E-state index contributed by atoms with van der Waals surface area (Å²) in [6.07, 6.45) is 3.38. The Morgan fingerprint density at radius 1 is 1.32 bits per heavy atom. The number of ether oxygens (including phenoxy) is 1. The lowest BCUT2D eigenvalue weighted by Gasteiger charge is -2.33. The second-order valence-electron chi connectivity index (χ2n) is 8.49. The smallest absolute Gasteiger partial charge is 0.410 e. The van der Waals surface area contributed by atoms with Crippen LogP contribution < -0.4 is 5.32 Å². The van der Waals surface area contributed by atoms with Gasteiger partial charge >= 0.3 is 6.09 Å². The van der Waals surface area contributed by atoms with Crippen molar-refractivity contribution in [2.24, 2.45) is 0 Å². The van der Waals surface area contributed by atoms with E-state index in [2.05, 4.69) is 10.3 Å². The molecule has 6 nitrogen and oxygen atoms in total. The standard InChI is InChI=1S/C19H27N3O3/c1-18(2,3)25-17(24)22-8-6-12(7-9-22)13-10-14-15(20-11-13)19(4,5)16(23)21-14/h10-12H,6-9H2,1-5H3,(H,21,23). The van der Waals surface area contributed by atoms with Crippen LogP contribution in [0.15, 0.2) is 12.3 Å². The lowest BCUT2D eigenvalue weighted by molar-refractivity contribution is -0.119. The number of hydrogen-bond acceptors (Lipinski definition) is 4. The van der Waals surface area contributed by atoms with Crippen molar-refractivity contribution in [3.63, 3.8) is 0 Å². The summed E-state index contributed by atoms with van der Waals surface area (Å²) < 4.78 is 5.44. The van der Waals surface area contributed by atoms with Gasteiger partial charge in [-0.05, 0) is 65.0 Å². The fourth-order valence-electron chi connectivity index (χ4n) is 3.41. The van der Waals surface area contributed by atoms with Crippen molar-refractivity contribution < 1.29 is 14.3 Å². The van der Waals surface area contributed by atoms with Gasteiger partial charge in [-0.25, -0.2) is 4.79 Å². The summed E-state index contributed by atoms with van der Waals surface area (Å²) >= 11 is 0. The molecule has 0 unspecified atom stereocenters. The minimum Gasteiger partial charge on any atom is -0.444 e. The van der Waals surface area contributed by atoms with Crippen molar-refractivity contribution in [2.75, 3.05) is 18.4 Å². The Morgan fingerprint density at radius 2 is 1.96 bits per heavy atom. The maximum atomic E-state index is 12.2. The molecule has 0 radical (unpaired) electrons. The molecule has 0 aromatic carbocycles. The van der Waals surface area contributed by atoms with Gasteiger partial charge in [0.25, 0.3) is 0 Å². The zero-order valence-corrected chi connectivity index (χ0v) is 15.7. The van der Waals surface area contributed by atoms with Crippen molar-refractivity contribution in [1.82, 2.24) is 9.88 Å². The predicted octanol–water partition coefficient (Wildman–Crippen LogP) is 3.43. The van der Waals surface area contributed by atoms with Gasteiger partial charge in [-0.3, -0.25) is 9.78 Å². The van der Waals surface area contributed by atoms with E-state index in [9.17, 15) is 9.59 Å². The van der Waals surface area contributed by atoms with E-state index in [0.717, 1.165) is 29.8 Å². The Hall–Kier alpha value is -2.11. The Bertz CT molecular complexity index is 698. The Kier molecular flexibility index (Phi) is 4.25. The zero-order valence-electron chi connectivity index (χ0n) is 15.7. The van der Waals surface area contributed by atoms with Gasteiger partial charge in [0.05, 0.1) is 16.8 Å². The summed E-state index contributed by atoms with van der Waals surface area (Å²) in [5.41, 5.74) is 1.71. The predicted molar refractivity (Wildman–Crippen MR) is 95.7 cm³/mol. The summed E-state index contributed by atoms with van der Waals surface area (Å²) in [4.78, 5) is 30.5. The van der Waals surface area contributed by atoms with E-state index in [1.54, 1.807) is 4.90 Å². The average molecular weight is 345 g/mol. The van der Waals surface area contributed by atoms with Gasteiger partial charge in [0.1, 0.15) is 5.60 Å². The molecule has 1 N–H and O–H groups in total. The van der Waals surface area contributed by atoms with Crippen LogP contribution in [0.5, 0.6) is 0 Å². The summed E-state index contributed by atoms with van der Waals surface area (Å²) in [5.74, 6) is 0.337. The first-order valence-corrected chi connectivity index (χ1v) is 8.88. The van der Waals surface area contributed by atoms with E-state index >= 15 is 0 Å². The molecule has 6 heteroatoms. The van der Waals surface area contributed by atoms with E-state index in [0.29, 0.717) is 19.0 Å². The van der Waals surface area contributed by atoms with Crippen LogP contribution >= 0.6 is 0 Å². The van der Waals surface area contributed by atoms with E-state index in [1.807, 2.05) is 46.9 Å². The normalized spacial score (nSPS) is 20.2. The number of aromatic nitrogens is 1. The van der Waals surface area contributed by atoms with Crippen molar-refractivity contribution in [2.45, 2.75) is 64.4 Å². The molecule has 1 saturated heterocycles. The highest BCUT2D eigenvalue weighted by Gasteiger charge is 2.40. The molecule has 2 aliphatic rings. The molecule has 2 amide bonds. The third kappa shape index (κ3) is 3.48. The van der Waals surface area contributed by atoms with Crippen LogP contribution in [0.25, 0.3) is 0 Å². The number of anilines is 1. The van der Waals surface area contributed by atoms with Crippen LogP contribution in [0.4, 0.5) is 10.5 Å². The second-order valence-corrected chi connectivity index (χ2v) is 8.49. The number of likely N-dealkylation sites (tertiary alicyclic amines) is 1. The lowest BCUT2D eigenvalue weighted by Crippen LogP contribution is -2.41. The van der Waals surface area contributed by atoms with Gasteiger partial charge in [0, 0.05) is 19.3 Å². The molecule has 136 valence electrons. The topological polar surface area (TPSA) is 71.5 Å². The molecule has 0 aliphatic carbocycles. The van der Waals surface area contributed by atoms with Gasteiger partial charge in [0.15, 0.2) is 0 Å². The minimum atomic E-state index is -0.575. The summed E-state index contributed by atoms with van der Waals surface area (Å²) in [6.45, 7) is 10.8. The molecule has 0 spiro atoms. The van der Waals surface area contributed by atoms with E-state index in [1.165, 1.54) is 0 Å². The van der Waals surface area contributed by atoms with Gasteiger partial charge < -0.3 is 15.0 Å². The maximum Gasteiger partial charge on any atom is 0.410 e. The monoisotopic (exact) mass is 345 g/mol. The highest BCUT2D eigenvalue weighted by atomic mass is 16.6. The number of amides is 2. The molecule has 1 fully saturated rings. The van der Waals surface area contributed by atoms with Crippen LogP contribution in [0.3, 0.4) is 0 Å². The molecule has 3 heterocycles. The molecule has 25 heavy (non-hydrogen) atoms. The average Bonchev–Trinajstić information content (AvgIpc) is 2.75.